The highest BCUT2D eigenvalue weighted by Crippen LogP contribution is 2.44. The molecule has 2 aliphatic heterocycles. The van der Waals surface area contributed by atoms with Crippen molar-refractivity contribution in [3.05, 3.63) is 95.6 Å². The number of rotatable bonds is 9. The number of anilines is 1. The molecule has 10 heteroatoms. The summed E-state index contributed by atoms with van der Waals surface area (Å²) < 4.78 is 42.1. The Balaban J connectivity index is 1.28. The molecule has 0 spiro atoms. The number of carbonyl (C=O) groups is 1. The summed E-state index contributed by atoms with van der Waals surface area (Å²) in [6, 6.07) is 23.4. The summed E-state index contributed by atoms with van der Waals surface area (Å²) in [6.07, 6.45) is 5.32. The number of hydrogen-bond acceptors (Lipinski definition) is 7. The van der Waals surface area contributed by atoms with Crippen molar-refractivity contribution in [3.63, 3.8) is 0 Å². The fourth-order valence-electron chi connectivity index (χ4n) is 7.79. The molecular weight excluding hydrogens is 639 g/mol. The Kier molecular flexibility index (Phi) is 10.8. The first-order valence-electron chi connectivity index (χ1n) is 17.7. The molecule has 49 heavy (non-hydrogen) atoms. The second-order valence-electron chi connectivity index (χ2n) is 15.0. The van der Waals surface area contributed by atoms with E-state index in [9.17, 15) is 18.3 Å². The lowest BCUT2D eigenvalue weighted by Crippen LogP contribution is -2.61. The van der Waals surface area contributed by atoms with Crippen molar-refractivity contribution < 1.29 is 27.8 Å². The number of hydrogen-bond donors (Lipinski definition) is 3. The van der Waals surface area contributed by atoms with E-state index in [0.29, 0.717) is 24.2 Å². The number of nitrogens with one attached hydrogen (secondary N) is 2. The number of ether oxygens (including phenoxy) is 2. The smallest absolute Gasteiger partial charge is 0.261 e. The highest BCUT2D eigenvalue weighted by molar-refractivity contribution is 7.92. The third-order valence-electron chi connectivity index (χ3n) is 10.3. The highest BCUT2D eigenvalue weighted by atomic mass is 32.2. The summed E-state index contributed by atoms with van der Waals surface area (Å²) in [7, 11) is -3.74. The fourth-order valence-corrected chi connectivity index (χ4v) is 8.87. The molecule has 3 aromatic carbocycles. The Morgan fingerprint density at radius 1 is 0.878 bits per heavy atom. The second kappa shape index (κ2) is 14.9. The SMILES string of the molecule is CC1C(CN2C(C(=O)NC(C)(C)C)CCC3CCCCC32)OC(c2ccc(NS(=O)(=O)c3ccccc3)cc2)OC1c1ccc(CO)cc1. The van der Waals surface area contributed by atoms with Gasteiger partial charge >= 0.3 is 0 Å². The molecule has 3 N–H and O–H groups in total. The number of benzene rings is 3. The molecule has 0 bridgehead atoms. The van der Waals surface area contributed by atoms with Crippen molar-refractivity contribution in [3.8, 4) is 0 Å². The van der Waals surface area contributed by atoms with Crippen LogP contribution in [0.4, 0.5) is 5.69 Å². The minimum Gasteiger partial charge on any atom is -0.392 e. The van der Waals surface area contributed by atoms with Gasteiger partial charge < -0.3 is 19.9 Å². The average molecular weight is 690 g/mol. The van der Waals surface area contributed by atoms with Gasteiger partial charge in [-0.05, 0) is 87.8 Å². The first-order valence-corrected chi connectivity index (χ1v) is 19.2. The number of fused-ring (bicyclic) bond motifs is 1. The molecule has 1 amide bonds. The molecule has 7 atom stereocenters. The highest BCUT2D eigenvalue weighted by Gasteiger charge is 2.46. The van der Waals surface area contributed by atoms with Gasteiger partial charge in [-0.3, -0.25) is 14.4 Å². The maximum absolute atomic E-state index is 13.8. The van der Waals surface area contributed by atoms with E-state index in [-0.39, 0.29) is 47.1 Å². The first-order chi connectivity index (χ1) is 23.4. The van der Waals surface area contributed by atoms with Crippen molar-refractivity contribution in [1.82, 2.24) is 10.2 Å². The van der Waals surface area contributed by atoms with Crippen LogP contribution in [0.3, 0.4) is 0 Å². The van der Waals surface area contributed by atoms with E-state index in [1.165, 1.54) is 12.8 Å². The van der Waals surface area contributed by atoms with E-state index in [2.05, 4.69) is 21.9 Å². The number of aliphatic hydroxyl groups excluding tert-OH is 1. The van der Waals surface area contributed by atoms with Crippen LogP contribution in [0.15, 0.2) is 83.8 Å². The third kappa shape index (κ3) is 8.37. The molecule has 0 aromatic heterocycles. The summed E-state index contributed by atoms with van der Waals surface area (Å²) in [5.41, 5.74) is 2.70. The minimum atomic E-state index is -3.74. The largest absolute Gasteiger partial charge is 0.392 e. The molecule has 7 unspecified atom stereocenters. The van der Waals surface area contributed by atoms with E-state index in [0.717, 1.165) is 42.4 Å². The molecule has 3 aliphatic rings. The standard InChI is InChI=1S/C39H51N3O6S/c1-26-35(24-42-33-13-9-8-10-28(33)20-23-34(42)37(44)40-39(2,3)4)47-38(48-36(26)29-16-14-27(25-43)15-17-29)30-18-21-31(22-19-30)41-49(45,46)32-11-6-5-7-12-32/h5-7,11-12,14-19,21-22,26,28,33-36,38,41,43H,8-10,13,20,23-25H2,1-4H3,(H,40,44). The van der Waals surface area contributed by atoms with Crippen molar-refractivity contribution in [2.75, 3.05) is 11.3 Å². The quantitative estimate of drug-likeness (QED) is 0.229. The number of likely N-dealkylation sites (tertiary alicyclic amines) is 1. The van der Waals surface area contributed by atoms with Crippen LogP contribution in [0, 0.1) is 11.8 Å². The molecule has 9 nitrogen and oxygen atoms in total. The number of amides is 1. The van der Waals surface area contributed by atoms with Crippen LogP contribution >= 0.6 is 0 Å². The van der Waals surface area contributed by atoms with Gasteiger partial charge in [-0.1, -0.05) is 74.4 Å². The second-order valence-corrected chi connectivity index (χ2v) is 16.7. The van der Waals surface area contributed by atoms with Gasteiger partial charge in [0, 0.05) is 35.3 Å². The molecule has 3 aromatic rings. The van der Waals surface area contributed by atoms with Crippen LogP contribution in [0.25, 0.3) is 0 Å². The topological polar surface area (TPSA) is 117 Å². The predicted molar refractivity (Wildman–Crippen MR) is 190 cm³/mol. The predicted octanol–water partition coefficient (Wildman–Crippen LogP) is 6.71. The van der Waals surface area contributed by atoms with Crippen LogP contribution < -0.4 is 10.0 Å². The molecule has 2 saturated heterocycles. The normalized spacial score (nSPS) is 28.0. The van der Waals surface area contributed by atoms with Gasteiger partial charge in [0.15, 0.2) is 6.29 Å². The summed E-state index contributed by atoms with van der Waals surface area (Å²) in [4.78, 5) is 16.4. The van der Waals surface area contributed by atoms with E-state index in [1.54, 1.807) is 42.5 Å². The van der Waals surface area contributed by atoms with Crippen LogP contribution in [-0.2, 0) is 30.9 Å². The maximum Gasteiger partial charge on any atom is 0.261 e. The summed E-state index contributed by atoms with van der Waals surface area (Å²) in [5, 5.41) is 12.9. The molecular formula is C39H51N3O6S. The van der Waals surface area contributed by atoms with Crippen molar-refractivity contribution in [2.45, 2.75) is 114 Å². The molecule has 1 saturated carbocycles. The van der Waals surface area contributed by atoms with Crippen LogP contribution in [0.2, 0.25) is 0 Å². The number of sulfonamides is 1. The molecule has 3 fully saturated rings. The Hall–Kier alpha value is -3.28. The van der Waals surface area contributed by atoms with E-state index >= 15 is 0 Å². The zero-order valence-corrected chi connectivity index (χ0v) is 29.9. The lowest BCUT2D eigenvalue weighted by atomic mass is 9.75. The average Bonchev–Trinajstić information content (AvgIpc) is 3.09. The van der Waals surface area contributed by atoms with Crippen LogP contribution in [0.5, 0.6) is 0 Å². The monoisotopic (exact) mass is 689 g/mol. The molecule has 6 rings (SSSR count). The molecule has 2 heterocycles. The summed E-state index contributed by atoms with van der Waals surface area (Å²) >= 11 is 0. The first kappa shape index (κ1) is 35.5. The Morgan fingerprint density at radius 3 is 2.22 bits per heavy atom. The summed E-state index contributed by atoms with van der Waals surface area (Å²) in [5.74, 6) is 0.619. The maximum atomic E-state index is 13.8. The van der Waals surface area contributed by atoms with Crippen LogP contribution in [0.1, 0.15) is 95.3 Å². The summed E-state index contributed by atoms with van der Waals surface area (Å²) in [6.45, 7) is 8.80. The van der Waals surface area contributed by atoms with Gasteiger partial charge in [0.1, 0.15) is 0 Å². The lowest BCUT2D eigenvalue weighted by molar-refractivity contribution is -0.278. The lowest BCUT2D eigenvalue weighted by Gasteiger charge is -2.51. The molecule has 0 radical (unpaired) electrons. The zero-order valence-electron chi connectivity index (χ0n) is 29.0. The number of carbonyl (C=O) groups excluding carboxylic acids is 1. The fraction of sp³-hybridized carbons (Fsp3) is 0.513. The van der Waals surface area contributed by atoms with Crippen molar-refractivity contribution in [2.24, 2.45) is 11.8 Å². The van der Waals surface area contributed by atoms with E-state index in [1.807, 2.05) is 57.2 Å². The van der Waals surface area contributed by atoms with Crippen molar-refractivity contribution in [1.29, 1.82) is 0 Å². The number of nitrogens with zero attached hydrogens (tertiary/aromatic N) is 1. The van der Waals surface area contributed by atoms with Gasteiger partial charge in [0.05, 0.1) is 29.8 Å². The Morgan fingerprint density at radius 2 is 1.55 bits per heavy atom. The zero-order chi connectivity index (χ0) is 34.8. The van der Waals surface area contributed by atoms with Gasteiger partial charge in [0.2, 0.25) is 5.91 Å². The van der Waals surface area contributed by atoms with Gasteiger partial charge in [-0.2, -0.15) is 0 Å². The van der Waals surface area contributed by atoms with E-state index in [4.69, 9.17) is 9.47 Å². The minimum absolute atomic E-state index is 0.0361. The Bertz CT molecular complexity index is 1660. The van der Waals surface area contributed by atoms with Gasteiger partial charge in [0.25, 0.3) is 10.0 Å². The van der Waals surface area contributed by atoms with Gasteiger partial charge in [-0.25, -0.2) is 8.42 Å². The third-order valence-corrected chi connectivity index (χ3v) is 11.7. The van der Waals surface area contributed by atoms with Gasteiger partial charge in [-0.15, -0.1) is 0 Å². The number of piperidine rings is 1. The van der Waals surface area contributed by atoms with Crippen molar-refractivity contribution >= 4 is 21.6 Å². The Labute approximate surface area is 291 Å². The molecule has 264 valence electrons. The molecule has 1 aliphatic carbocycles. The van der Waals surface area contributed by atoms with E-state index < -0.39 is 16.3 Å². The number of aliphatic hydroxyl groups is 1. The van der Waals surface area contributed by atoms with Crippen LogP contribution in [-0.4, -0.2) is 54.6 Å².